The highest BCUT2D eigenvalue weighted by Crippen LogP contribution is 2.35. The molecule has 2 aromatic heterocycles. The van der Waals surface area contributed by atoms with Crippen molar-refractivity contribution in [1.29, 1.82) is 0 Å². The van der Waals surface area contributed by atoms with Crippen LogP contribution in [0.1, 0.15) is 69.0 Å². The molecular weight excluding hydrogens is 788 g/mol. The highest BCUT2D eigenvalue weighted by atomic mass is 19.4. The predicted octanol–water partition coefficient (Wildman–Crippen LogP) is 3.56. The number of aromatic nitrogens is 3. The third-order valence-electron chi connectivity index (χ3n) is 11.6. The van der Waals surface area contributed by atoms with E-state index in [1.807, 2.05) is 16.0 Å². The smallest absolute Gasteiger partial charge is 0.433 e. The molecule has 4 aromatic rings. The van der Waals surface area contributed by atoms with E-state index in [1.165, 1.54) is 13.2 Å². The van der Waals surface area contributed by atoms with Gasteiger partial charge in [-0.3, -0.25) is 43.7 Å². The number of piperidine rings is 2. The lowest BCUT2D eigenvalue weighted by atomic mass is 9.93. The van der Waals surface area contributed by atoms with Gasteiger partial charge in [0, 0.05) is 63.2 Å². The number of rotatable bonds is 10. The maximum absolute atomic E-state index is 13.6. The van der Waals surface area contributed by atoms with Crippen molar-refractivity contribution in [2.24, 2.45) is 5.92 Å². The Hall–Kier alpha value is -6.37. The molecule has 3 saturated heterocycles. The number of carbonyl (C=O) groups is 6. The number of amides is 6. The Labute approximate surface area is 341 Å². The second-order valence-corrected chi connectivity index (χ2v) is 15.4. The van der Waals surface area contributed by atoms with Crippen molar-refractivity contribution in [2.75, 3.05) is 63.1 Å². The second kappa shape index (κ2) is 16.4. The van der Waals surface area contributed by atoms with Gasteiger partial charge in [0.1, 0.15) is 23.2 Å². The summed E-state index contributed by atoms with van der Waals surface area (Å²) in [7, 11) is 1.42. The number of hydrogen-bond donors (Lipinski definition) is 2. The van der Waals surface area contributed by atoms with Gasteiger partial charge < -0.3 is 24.8 Å². The van der Waals surface area contributed by atoms with Gasteiger partial charge in [-0.25, -0.2) is 4.98 Å². The zero-order chi connectivity index (χ0) is 42.3. The van der Waals surface area contributed by atoms with Gasteiger partial charge in [0.2, 0.25) is 17.7 Å². The first-order chi connectivity index (χ1) is 28.8. The number of halogens is 3. The third kappa shape index (κ3) is 8.12. The van der Waals surface area contributed by atoms with Gasteiger partial charge >= 0.3 is 6.18 Å². The van der Waals surface area contributed by atoms with Crippen molar-refractivity contribution in [1.82, 2.24) is 34.8 Å². The van der Waals surface area contributed by atoms with Crippen LogP contribution in [0.2, 0.25) is 0 Å². The number of alkyl halides is 3. The molecule has 0 spiro atoms. The Morgan fingerprint density at radius 3 is 2.38 bits per heavy atom. The van der Waals surface area contributed by atoms with E-state index in [2.05, 4.69) is 25.6 Å². The van der Waals surface area contributed by atoms with Crippen LogP contribution in [0.3, 0.4) is 0 Å². The predicted molar refractivity (Wildman–Crippen MR) is 209 cm³/mol. The fraction of sp³-hybridized carbons (Fsp3) is 0.415. The van der Waals surface area contributed by atoms with Crippen LogP contribution in [-0.2, 0) is 27.1 Å². The standard InChI is InChI=1S/C41H42F3N9O7/c1-60-32-22-28-25(21-29(32)46-37(56)27-5-3-7-33(45-27)41(42,43)44)23-52(48-28)19-14-49-12-10-24(11-13-49)20-35(55)51-17-15-50(16-18-51)30-6-2-4-26-36(30)40(59)53(39(26)58)31-8-9-34(54)47-38(31)57/h2-7,21-24,31H,8-20H2,1H3,(H,46,56)(H,47,54,57). The average Bonchev–Trinajstić information content (AvgIpc) is 3.76. The van der Waals surface area contributed by atoms with Crippen LogP contribution >= 0.6 is 0 Å². The Kier molecular flexibility index (Phi) is 11.0. The maximum Gasteiger partial charge on any atom is 0.433 e. The van der Waals surface area contributed by atoms with E-state index in [0.717, 1.165) is 49.5 Å². The number of hydrogen-bond acceptors (Lipinski definition) is 11. The van der Waals surface area contributed by atoms with Gasteiger partial charge in [-0.1, -0.05) is 12.1 Å². The minimum Gasteiger partial charge on any atom is -0.494 e. The molecule has 314 valence electrons. The molecule has 4 aliphatic rings. The molecule has 6 heterocycles. The summed E-state index contributed by atoms with van der Waals surface area (Å²) in [6.07, 6.45) is -0.564. The van der Waals surface area contributed by atoms with Crippen LogP contribution in [0, 0.1) is 5.92 Å². The molecule has 0 saturated carbocycles. The molecule has 4 aliphatic heterocycles. The topological polar surface area (TPSA) is 179 Å². The summed E-state index contributed by atoms with van der Waals surface area (Å²) in [6.45, 7) is 4.83. The normalized spacial score (nSPS) is 19.2. The van der Waals surface area contributed by atoms with Crippen LogP contribution in [0.25, 0.3) is 10.9 Å². The summed E-state index contributed by atoms with van der Waals surface area (Å²) >= 11 is 0. The highest BCUT2D eigenvalue weighted by Gasteiger charge is 2.46. The molecule has 2 N–H and O–H groups in total. The molecule has 1 unspecified atom stereocenters. The number of imide groups is 2. The number of anilines is 2. The molecule has 1 atom stereocenters. The minimum absolute atomic E-state index is 0.0426. The molecule has 6 amide bonds. The monoisotopic (exact) mass is 829 g/mol. The zero-order valence-corrected chi connectivity index (χ0v) is 32.7. The summed E-state index contributed by atoms with van der Waals surface area (Å²) in [5.74, 6) is -2.40. The number of benzene rings is 2. The number of methoxy groups -OCH3 is 1. The number of likely N-dealkylation sites (tertiary alicyclic amines) is 1. The molecule has 0 radical (unpaired) electrons. The molecule has 2 aromatic carbocycles. The van der Waals surface area contributed by atoms with Crippen molar-refractivity contribution in [3.05, 3.63) is 77.2 Å². The first-order valence-electron chi connectivity index (χ1n) is 19.8. The van der Waals surface area contributed by atoms with Crippen molar-refractivity contribution >= 4 is 57.7 Å². The van der Waals surface area contributed by atoms with Crippen LogP contribution in [0.4, 0.5) is 24.5 Å². The van der Waals surface area contributed by atoms with Gasteiger partial charge in [0.15, 0.2) is 0 Å². The fourth-order valence-electron chi connectivity index (χ4n) is 8.38. The van der Waals surface area contributed by atoms with Gasteiger partial charge in [-0.15, -0.1) is 0 Å². The van der Waals surface area contributed by atoms with Crippen LogP contribution in [0.5, 0.6) is 5.75 Å². The molecule has 19 heteroatoms. The third-order valence-corrected chi connectivity index (χ3v) is 11.6. The van der Waals surface area contributed by atoms with E-state index in [4.69, 9.17) is 4.74 Å². The van der Waals surface area contributed by atoms with Crippen molar-refractivity contribution < 1.29 is 46.7 Å². The Bertz CT molecular complexity index is 2390. The Morgan fingerprint density at radius 1 is 0.917 bits per heavy atom. The van der Waals surface area contributed by atoms with E-state index in [-0.39, 0.29) is 47.2 Å². The summed E-state index contributed by atoms with van der Waals surface area (Å²) in [4.78, 5) is 88.0. The van der Waals surface area contributed by atoms with Crippen LogP contribution < -0.4 is 20.3 Å². The number of pyridine rings is 1. The quantitative estimate of drug-likeness (QED) is 0.223. The van der Waals surface area contributed by atoms with E-state index in [1.54, 1.807) is 35.0 Å². The van der Waals surface area contributed by atoms with Crippen molar-refractivity contribution in [2.45, 2.75) is 50.9 Å². The number of piperazine rings is 1. The number of fused-ring (bicyclic) bond motifs is 2. The SMILES string of the molecule is COc1cc2nn(CCN3CCC(CC(=O)N4CCN(c5cccc6c5C(=O)N(C5CCC(=O)NC5=O)C6=O)CC4)CC3)cc2cc1NC(=O)c1cccc(C(F)(F)F)n1. The van der Waals surface area contributed by atoms with Crippen molar-refractivity contribution in [3.63, 3.8) is 0 Å². The Balaban J connectivity index is 0.804. The number of ether oxygens (including phenoxy) is 1. The number of nitrogens with zero attached hydrogens (tertiary/aromatic N) is 7. The lowest BCUT2D eigenvalue weighted by molar-refractivity contribution is -0.141. The first-order valence-corrected chi connectivity index (χ1v) is 19.8. The number of nitrogens with one attached hydrogen (secondary N) is 2. The minimum atomic E-state index is -4.69. The van der Waals surface area contributed by atoms with E-state index < -0.39 is 47.4 Å². The second-order valence-electron chi connectivity index (χ2n) is 15.4. The van der Waals surface area contributed by atoms with E-state index >= 15 is 0 Å². The fourth-order valence-corrected chi connectivity index (χ4v) is 8.38. The van der Waals surface area contributed by atoms with Crippen LogP contribution in [-0.4, -0.2) is 124 Å². The van der Waals surface area contributed by atoms with Gasteiger partial charge in [0.25, 0.3) is 17.7 Å². The highest BCUT2D eigenvalue weighted by molar-refractivity contribution is 6.25. The molecule has 16 nitrogen and oxygen atoms in total. The lowest BCUT2D eigenvalue weighted by Gasteiger charge is -2.38. The molecule has 8 rings (SSSR count). The molecule has 0 bridgehead atoms. The zero-order valence-electron chi connectivity index (χ0n) is 32.7. The van der Waals surface area contributed by atoms with E-state index in [0.29, 0.717) is 61.5 Å². The van der Waals surface area contributed by atoms with Gasteiger partial charge in [-0.2, -0.15) is 18.3 Å². The summed E-state index contributed by atoms with van der Waals surface area (Å²) in [6, 6.07) is 10.4. The average molecular weight is 830 g/mol. The maximum atomic E-state index is 13.6. The molecule has 3 fully saturated rings. The lowest BCUT2D eigenvalue weighted by Crippen LogP contribution is -2.54. The largest absolute Gasteiger partial charge is 0.494 e. The molecular formula is C41H42F3N9O7. The van der Waals surface area contributed by atoms with Gasteiger partial charge in [-0.05, 0) is 68.6 Å². The summed E-state index contributed by atoms with van der Waals surface area (Å²) in [5, 5.41) is 10.2. The summed E-state index contributed by atoms with van der Waals surface area (Å²) < 4.78 is 46.7. The van der Waals surface area contributed by atoms with Crippen molar-refractivity contribution in [3.8, 4) is 5.75 Å². The molecule has 60 heavy (non-hydrogen) atoms. The van der Waals surface area contributed by atoms with Gasteiger partial charge in [0.05, 0.1) is 41.7 Å². The van der Waals surface area contributed by atoms with Crippen LogP contribution in [0.15, 0.2) is 54.7 Å². The molecule has 0 aliphatic carbocycles. The summed E-state index contributed by atoms with van der Waals surface area (Å²) in [5.41, 5.74) is 0.389. The first kappa shape index (κ1) is 40.4. The van der Waals surface area contributed by atoms with E-state index in [9.17, 15) is 41.9 Å². The number of carbonyl (C=O) groups excluding carboxylic acids is 6. The Morgan fingerprint density at radius 2 is 1.67 bits per heavy atom.